The smallest absolute Gasteiger partial charge is 0.434 e. The predicted octanol–water partition coefficient (Wildman–Crippen LogP) is 4.62. The minimum absolute atomic E-state index is 0.00664. The molecule has 2 aromatic carbocycles. The molecule has 1 saturated heterocycles. The number of aromatic nitrogens is 1. The van der Waals surface area contributed by atoms with Gasteiger partial charge >= 0.3 is 12.1 Å². The maximum Gasteiger partial charge on any atom is 0.434 e. The second-order valence-electron chi connectivity index (χ2n) is 12.0. The summed E-state index contributed by atoms with van der Waals surface area (Å²) in [5, 5.41) is 3.35. The fourth-order valence-electron chi connectivity index (χ4n) is 6.70. The van der Waals surface area contributed by atoms with Crippen LogP contribution in [0.25, 0.3) is 17.0 Å². The van der Waals surface area contributed by atoms with Crippen LogP contribution in [0.2, 0.25) is 0 Å². The molecule has 0 bridgehead atoms. The second kappa shape index (κ2) is 13.1. The average molecular weight is 753 g/mol. The molecule has 3 aliphatic heterocycles. The van der Waals surface area contributed by atoms with E-state index >= 15 is 0 Å². The van der Waals surface area contributed by atoms with Gasteiger partial charge in [-0.2, -0.15) is 13.2 Å². The zero-order valence-corrected chi connectivity index (χ0v) is 29.0. The number of aromatic amines is 1. The zero-order chi connectivity index (χ0) is 37.9. The number of nitrogens with zero attached hydrogens (tertiary/aromatic N) is 2. The van der Waals surface area contributed by atoms with Gasteiger partial charge in [0.25, 0.3) is 11.8 Å². The Labute approximate surface area is 302 Å². The molecule has 1 aromatic heterocycles. The second-order valence-corrected chi connectivity index (χ2v) is 12.3. The van der Waals surface area contributed by atoms with Crippen LogP contribution in [0.3, 0.4) is 0 Å². The van der Waals surface area contributed by atoms with E-state index in [-0.39, 0.29) is 40.7 Å². The number of rotatable bonds is 8. The lowest BCUT2D eigenvalue weighted by Crippen LogP contribution is -2.32. The number of hydrogen-bond acceptors (Lipinski definition) is 11. The lowest BCUT2D eigenvalue weighted by Gasteiger charge is -2.24. The average Bonchev–Trinajstić information content (AvgIpc) is 3.86. The number of aliphatic imine (C=N–C) groups is 1. The molecule has 53 heavy (non-hydrogen) atoms. The standard InChI is InChI=1S/C35H28ClF3N6O8/c1-50-24-10-19-17(29(51-2)30(24)52-3)9-20(44-43-19)32(47)40-16-5-6-18-14(7-16)8-21(41-18)33(48)45-13-15(12-36)25-22(45)11-23(46)28-26(25)27(34(49)53-4)31(42-28)35(37,38)39/h5-11,15,41,43-44H,12-13H2,1-4H3,(H,40,47). The van der Waals surface area contributed by atoms with E-state index in [1.165, 1.54) is 32.3 Å². The highest BCUT2D eigenvalue weighted by Crippen LogP contribution is 2.48. The summed E-state index contributed by atoms with van der Waals surface area (Å²) in [6.07, 6.45) is -2.46. The van der Waals surface area contributed by atoms with Crippen molar-refractivity contribution in [3.63, 3.8) is 0 Å². The third-order valence-corrected chi connectivity index (χ3v) is 9.40. The van der Waals surface area contributed by atoms with Crippen LogP contribution in [0.4, 0.5) is 24.5 Å². The summed E-state index contributed by atoms with van der Waals surface area (Å²) in [7, 11) is 5.33. The summed E-state index contributed by atoms with van der Waals surface area (Å²) in [5.74, 6) is -3.14. The SMILES string of the molecule is COC(=O)C1=C(C(F)(F)F)N=C2C(=O)C=C3C(=C21)C(CCl)CN3C(=O)c1cc2cc(NC(=O)C3=Cc4c(cc(OC)c(OC)c4OC)NN3)ccc2[nH]1. The third-order valence-electron chi connectivity index (χ3n) is 9.03. The van der Waals surface area contributed by atoms with Gasteiger partial charge in [0.15, 0.2) is 17.2 Å². The number of hydrogen-bond donors (Lipinski definition) is 4. The molecular formula is C35H28ClF3N6O8. The Hall–Kier alpha value is -6.23. The molecule has 1 aliphatic carbocycles. The number of methoxy groups -OCH3 is 4. The van der Waals surface area contributed by atoms with Crippen LogP contribution >= 0.6 is 11.6 Å². The topological polar surface area (TPSA) is 173 Å². The first-order valence-corrected chi connectivity index (χ1v) is 16.2. The van der Waals surface area contributed by atoms with Crippen molar-refractivity contribution in [3.05, 3.63) is 81.5 Å². The quantitative estimate of drug-likeness (QED) is 0.145. The molecular weight excluding hydrogens is 725 g/mol. The van der Waals surface area contributed by atoms with Gasteiger partial charge in [-0.1, -0.05) is 0 Å². The van der Waals surface area contributed by atoms with Crippen molar-refractivity contribution in [1.82, 2.24) is 15.3 Å². The number of likely N-dealkylation sites (tertiary alicyclic amines) is 1. The van der Waals surface area contributed by atoms with Gasteiger partial charge in [-0.15, -0.1) is 11.6 Å². The molecule has 3 aromatic rings. The molecule has 4 N–H and O–H groups in total. The number of amides is 2. The number of fused-ring (bicyclic) bond motifs is 4. The van der Waals surface area contributed by atoms with Gasteiger partial charge in [0.1, 0.15) is 22.7 Å². The fraction of sp³-hybridized carbons (Fsp3) is 0.229. The van der Waals surface area contributed by atoms with Crippen LogP contribution in [0.1, 0.15) is 16.1 Å². The molecule has 0 radical (unpaired) electrons. The number of allylic oxidation sites excluding steroid dienone is 3. The number of hydrazine groups is 1. The van der Waals surface area contributed by atoms with Gasteiger partial charge in [0.2, 0.25) is 11.5 Å². The number of carbonyl (C=O) groups is 4. The molecule has 0 saturated carbocycles. The Balaban J connectivity index is 1.17. The molecule has 274 valence electrons. The van der Waals surface area contributed by atoms with Crippen molar-refractivity contribution >= 4 is 69.2 Å². The number of nitrogens with one attached hydrogen (secondary N) is 4. The Morgan fingerprint density at radius 1 is 1.02 bits per heavy atom. The number of esters is 1. The van der Waals surface area contributed by atoms with E-state index < -0.39 is 52.6 Å². The van der Waals surface area contributed by atoms with Crippen molar-refractivity contribution in [2.45, 2.75) is 6.18 Å². The van der Waals surface area contributed by atoms with E-state index in [0.717, 1.165) is 13.2 Å². The van der Waals surface area contributed by atoms with Crippen LogP contribution in [-0.4, -0.2) is 86.2 Å². The lowest BCUT2D eigenvalue weighted by molar-refractivity contribution is -0.137. The number of H-pyrrole nitrogens is 1. The van der Waals surface area contributed by atoms with Gasteiger partial charge in [0.05, 0.1) is 39.8 Å². The summed E-state index contributed by atoms with van der Waals surface area (Å²) in [4.78, 5) is 60.9. The Bertz CT molecular complexity index is 2320. The van der Waals surface area contributed by atoms with E-state index in [1.54, 1.807) is 30.3 Å². The van der Waals surface area contributed by atoms with Crippen LogP contribution in [0.5, 0.6) is 17.2 Å². The molecule has 7 rings (SSSR count). The summed E-state index contributed by atoms with van der Waals surface area (Å²) in [6, 6.07) is 8.12. The molecule has 18 heteroatoms. The lowest BCUT2D eigenvalue weighted by atomic mass is 9.84. The minimum Gasteiger partial charge on any atom is -0.493 e. The van der Waals surface area contributed by atoms with Crippen LogP contribution < -0.4 is 30.4 Å². The Morgan fingerprint density at radius 3 is 2.43 bits per heavy atom. The number of ketones is 1. The first-order valence-electron chi connectivity index (χ1n) is 15.7. The highest BCUT2D eigenvalue weighted by Gasteiger charge is 2.51. The van der Waals surface area contributed by atoms with Gasteiger partial charge in [-0.25, -0.2) is 9.79 Å². The number of anilines is 2. The third kappa shape index (κ3) is 5.72. The number of benzene rings is 2. The number of ether oxygens (including phenoxy) is 4. The van der Waals surface area contributed by atoms with E-state index in [4.69, 9.17) is 25.8 Å². The molecule has 1 atom stereocenters. The van der Waals surface area contributed by atoms with Crippen molar-refractivity contribution in [2.75, 3.05) is 51.6 Å². The summed E-state index contributed by atoms with van der Waals surface area (Å²) in [6.45, 7) is -0.0945. The van der Waals surface area contributed by atoms with Crippen molar-refractivity contribution in [1.29, 1.82) is 0 Å². The number of halogens is 4. The van der Waals surface area contributed by atoms with Gasteiger partial charge in [-0.05, 0) is 35.9 Å². The van der Waals surface area contributed by atoms with Gasteiger partial charge in [0, 0.05) is 58.2 Å². The highest BCUT2D eigenvalue weighted by atomic mass is 35.5. The maximum atomic E-state index is 14.0. The first-order chi connectivity index (χ1) is 25.3. The van der Waals surface area contributed by atoms with Gasteiger partial charge in [-0.3, -0.25) is 25.2 Å². The van der Waals surface area contributed by atoms with Crippen molar-refractivity contribution in [3.8, 4) is 17.2 Å². The normalized spacial score (nSPS) is 17.6. The highest BCUT2D eigenvalue weighted by molar-refractivity contribution is 6.54. The summed E-state index contributed by atoms with van der Waals surface area (Å²) < 4.78 is 63.0. The maximum absolute atomic E-state index is 14.0. The Morgan fingerprint density at radius 2 is 1.77 bits per heavy atom. The van der Waals surface area contributed by atoms with E-state index in [0.29, 0.717) is 45.1 Å². The number of alkyl halides is 4. The van der Waals surface area contributed by atoms with E-state index in [1.807, 2.05) is 0 Å². The summed E-state index contributed by atoms with van der Waals surface area (Å²) >= 11 is 6.25. The monoisotopic (exact) mass is 752 g/mol. The van der Waals surface area contributed by atoms with Crippen LogP contribution in [0, 0.1) is 5.92 Å². The number of carbonyl (C=O) groups excluding carboxylic acids is 4. The van der Waals surface area contributed by atoms with Gasteiger partial charge < -0.3 is 34.1 Å². The molecule has 0 spiro atoms. The fourth-order valence-corrected chi connectivity index (χ4v) is 6.95. The summed E-state index contributed by atoms with van der Waals surface area (Å²) in [5.41, 5.74) is 4.81. The molecule has 2 amide bonds. The largest absolute Gasteiger partial charge is 0.493 e. The molecule has 4 aliphatic rings. The Kier molecular flexibility index (Phi) is 8.68. The van der Waals surface area contributed by atoms with Crippen molar-refractivity contribution < 1.29 is 51.3 Å². The predicted molar refractivity (Wildman–Crippen MR) is 186 cm³/mol. The van der Waals surface area contributed by atoms with E-state index in [2.05, 4.69) is 30.9 Å². The van der Waals surface area contributed by atoms with Crippen LogP contribution in [-0.2, 0) is 19.1 Å². The van der Waals surface area contributed by atoms with Crippen molar-refractivity contribution in [2.24, 2.45) is 10.9 Å². The van der Waals surface area contributed by atoms with Crippen LogP contribution in [0.15, 0.2) is 75.2 Å². The molecule has 1 fully saturated rings. The zero-order valence-electron chi connectivity index (χ0n) is 28.2. The minimum atomic E-state index is -5.07. The van der Waals surface area contributed by atoms with E-state index in [9.17, 15) is 32.3 Å². The first kappa shape index (κ1) is 35.2. The molecule has 14 nitrogen and oxygen atoms in total. The molecule has 4 heterocycles. The molecule has 1 unspecified atom stereocenters.